The number of aliphatic hydroxyl groups excluding tert-OH is 2. The van der Waals surface area contributed by atoms with Gasteiger partial charge in [0, 0.05) is 12.3 Å². The van der Waals surface area contributed by atoms with Crippen molar-refractivity contribution in [3.05, 3.63) is 53.3 Å². The van der Waals surface area contributed by atoms with Crippen LogP contribution in [0.2, 0.25) is 0 Å². The molecule has 6 nitrogen and oxygen atoms in total. The van der Waals surface area contributed by atoms with Crippen LogP contribution in [-0.4, -0.2) is 39.2 Å². The molecule has 0 saturated carbocycles. The first-order valence-corrected chi connectivity index (χ1v) is 13.7. The van der Waals surface area contributed by atoms with E-state index in [-0.39, 0.29) is 36.8 Å². The summed E-state index contributed by atoms with van der Waals surface area (Å²) in [5, 5.41) is 22.8. The summed E-state index contributed by atoms with van der Waals surface area (Å²) in [7, 11) is 0. The molecule has 0 radical (unpaired) electrons. The van der Waals surface area contributed by atoms with Gasteiger partial charge in [0.25, 0.3) is 0 Å². The van der Waals surface area contributed by atoms with E-state index in [9.17, 15) is 24.2 Å². The minimum absolute atomic E-state index is 0.129. The summed E-state index contributed by atoms with van der Waals surface area (Å²) in [4.78, 5) is 30.9. The second-order valence-electron chi connectivity index (χ2n) is 10.6. The number of benzene rings is 1. The average molecular weight is 532 g/mol. The lowest BCUT2D eigenvalue weighted by Gasteiger charge is -2.35. The van der Waals surface area contributed by atoms with E-state index in [0.29, 0.717) is 18.4 Å². The molecule has 1 aromatic carbocycles. The molecule has 1 aliphatic rings. The summed E-state index contributed by atoms with van der Waals surface area (Å²) in [6, 6.07) is 5.59. The molecule has 1 aliphatic heterocycles. The molecule has 0 fully saturated rings. The Morgan fingerprint density at radius 2 is 2.03 bits per heavy atom. The Morgan fingerprint density at radius 1 is 1.30 bits per heavy atom. The first kappa shape index (κ1) is 29.1. The number of esters is 1. The number of aliphatic hydroxyl groups is 2. The van der Waals surface area contributed by atoms with Crippen LogP contribution in [0, 0.1) is 24.2 Å². The molecule has 0 spiro atoms. The Balaban J connectivity index is 1.93. The normalized spacial score (nSPS) is 29.9. The average Bonchev–Trinajstić information content (AvgIpc) is 3.22. The predicted octanol–water partition coefficient (Wildman–Crippen LogP) is 6.15. The zero-order valence-electron chi connectivity index (χ0n) is 22.1. The van der Waals surface area contributed by atoms with Gasteiger partial charge in [0.15, 0.2) is 0 Å². The van der Waals surface area contributed by atoms with Crippen LogP contribution in [0.25, 0.3) is 10.2 Å². The Labute approximate surface area is 222 Å². The van der Waals surface area contributed by atoms with Gasteiger partial charge in [-0.25, -0.2) is 9.37 Å². The van der Waals surface area contributed by atoms with Crippen molar-refractivity contribution in [2.24, 2.45) is 17.3 Å². The van der Waals surface area contributed by atoms with Gasteiger partial charge < -0.3 is 14.9 Å². The number of carbonyl (C=O) groups excluding carboxylic acids is 2. The van der Waals surface area contributed by atoms with Crippen LogP contribution in [0.3, 0.4) is 0 Å². The summed E-state index contributed by atoms with van der Waals surface area (Å²) in [6.45, 7) is 10.6. The number of thiazole rings is 1. The second-order valence-corrected chi connectivity index (χ2v) is 11.9. The van der Waals surface area contributed by atoms with E-state index in [2.05, 4.69) is 11.6 Å². The van der Waals surface area contributed by atoms with Crippen molar-refractivity contribution < 1.29 is 28.9 Å². The molecular weight excluding hydrogens is 493 g/mol. The quantitative estimate of drug-likeness (QED) is 0.364. The van der Waals surface area contributed by atoms with Crippen molar-refractivity contribution in [3.8, 4) is 0 Å². The van der Waals surface area contributed by atoms with Gasteiger partial charge in [0.2, 0.25) is 0 Å². The van der Waals surface area contributed by atoms with Gasteiger partial charge >= 0.3 is 5.97 Å². The number of rotatable bonds is 3. The topological polar surface area (TPSA) is 96.7 Å². The maximum atomic E-state index is 14.7. The number of hydrogen-bond acceptors (Lipinski definition) is 7. The molecule has 37 heavy (non-hydrogen) atoms. The Kier molecular flexibility index (Phi) is 9.78. The van der Waals surface area contributed by atoms with Crippen molar-refractivity contribution in [1.29, 1.82) is 0 Å². The number of carbonyl (C=O) groups is 2. The number of Topliss-reactive ketones (excluding diaryl/α,β-unsaturated/α-hetero) is 1. The van der Waals surface area contributed by atoms with E-state index in [1.807, 2.05) is 32.0 Å². The number of halogens is 1. The fourth-order valence-electron chi connectivity index (χ4n) is 4.85. The Bertz CT molecular complexity index is 1160. The number of ketones is 1. The molecule has 5 atom stereocenters. The number of ether oxygens (including phenoxy) is 1. The zero-order chi connectivity index (χ0) is 27.3. The van der Waals surface area contributed by atoms with E-state index in [1.54, 1.807) is 31.3 Å². The third kappa shape index (κ3) is 7.12. The van der Waals surface area contributed by atoms with Gasteiger partial charge in [-0.15, -0.1) is 17.9 Å². The first-order valence-electron chi connectivity index (χ1n) is 12.9. The van der Waals surface area contributed by atoms with Gasteiger partial charge in [-0.2, -0.15) is 0 Å². The number of hydrogen-bond donors (Lipinski definition) is 2. The van der Waals surface area contributed by atoms with Gasteiger partial charge in [-0.05, 0) is 62.3 Å². The molecule has 8 heteroatoms. The lowest BCUT2D eigenvalue weighted by Crippen LogP contribution is -2.46. The van der Waals surface area contributed by atoms with Crippen molar-refractivity contribution in [3.63, 3.8) is 0 Å². The second kappa shape index (κ2) is 12.4. The number of aromatic nitrogens is 1. The first-order chi connectivity index (χ1) is 17.4. The van der Waals surface area contributed by atoms with Gasteiger partial charge in [0.05, 0.1) is 45.1 Å². The van der Waals surface area contributed by atoms with Crippen molar-refractivity contribution in [2.75, 3.05) is 0 Å². The third-order valence-corrected chi connectivity index (χ3v) is 8.33. The van der Waals surface area contributed by atoms with Crippen LogP contribution < -0.4 is 0 Å². The molecule has 0 amide bonds. The molecule has 0 aliphatic carbocycles. The zero-order valence-corrected chi connectivity index (χ0v) is 22.9. The molecule has 2 aromatic rings. The highest BCUT2D eigenvalue weighted by Crippen LogP contribution is 2.35. The summed E-state index contributed by atoms with van der Waals surface area (Å²) < 4.78 is 21.5. The molecule has 3 rings (SSSR count). The molecule has 202 valence electrons. The minimum atomic E-state index is -1.33. The van der Waals surface area contributed by atoms with E-state index >= 15 is 0 Å². The monoisotopic (exact) mass is 531 g/mol. The summed E-state index contributed by atoms with van der Waals surface area (Å²) >= 11 is 1.56. The smallest absolute Gasteiger partial charge is 0.309 e. The summed E-state index contributed by atoms with van der Waals surface area (Å²) in [6.07, 6.45) is 1.11. The fourth-order valence-corrected chi connectivity index (χ4v) is 5.66. The van der Waals surface area contributed by atoms with E-state index in [0.717, 1.165) is 15.2 Å². The minimum Gasteiger partial charge on any atom is -0.457 e. The van der Waals surface area contributed by atoms with Crippen molar-refractivity contribution >= 4 is 33.3 Å². The summed E-state index contributed by atoms with van der Waals surface area (Å²) in [5.41, 5.74) is 0.160. The van der Waals surface area contributed by atoms with Crippen molar-refractivity contribution in [2.45, 2.75) is 84.5 Å². The lowest BCUT2D eigenvalue weighted by molar-refractivity contribution is -0.156. The van der Waals surface area contributed by atoms with E-state index in [1.165, 1.54) is 6.08 Å². The highest BCUT2D eigenvalue weighted by molar-refractivity contribution is 7.18. The van der Waals surface area contributed by atoms with Crippen LogP contribution >= 0.6 is 11.3 Å². The number of nitrogens with zero attached hydrogens (tertiary/aromatic N) is 1. The van der Waals surface area contributed by atoms with Crippen LogP contribution in [0.1, 0.15) is 76.0 Å². The standard InChI is InChI=1S/C29H38FNO5S/c1-6-8-21-27(34)17(2)9-7-10-20(30)12-13-23(19-11-14-24-22(15-19)31-18(3)37-24)36-26(33)16-25(32)29(4,5)28(21)35/h6,11-12,14-15,17,21,23,25,27,32,34H,1,7-10,13,16H2,2-5H3/b20-12+/t17-,21+,23-,25-,27-/m0/s1. The molecule has 0 bridgehead atoms. The van der Waals surface area contributed by atoms with Crippen LogP contribution in [-0.2, 0) is 14.3 Å². The predicted molar refractivity (Wildman–Crippen MR) is 144 cm³/mol. The molecule has 0 saturated heterocycles. The number of fused-ring (bicyclic) bond motifs is 1. The van der Waals surface area contributed by atoms with Gasteiger partial charge in [0.1, 0.15) is 11.9 Å². The van der Waals surface area contributed by atoms with E-state index in [4.69, 9.17) is 4.74 Å². The SMILES string of the molecule is C=CC[C@H]1C(=O)C(C)(C)[C@@H](O)CC(=O)O[C@H](c2ccc3sc(C)nc3c2)C/C=C(/F)CCC[C@H](C)[C@@H]1O. The maximum Gasteiger partial charge on any atom is 0.309 e. The fraction of sp³-hybridized carbons (Fsp3) is 0.552. The lowest BCUT2D eigenvalue weighted by atomic mass is 9.71. The van der Waals surface area contributed by atoms with Gasteiger partial charge in [-0.3, -0.25) is 9.59 Å². The third-order valence-electron chi connectivity index (χ3n) is 7.37. The summed E-state index contributed by atoms with van der Waals surface area (Å²) in [5.74, 6) is -2.40. The number of aryl methyl sites for hydroxylation is 1. The molecule has 2 heterocycles. The Hall–Kier alpha value is -2.42. The molecule has 1 aromatic heterocycles. The largest absolute Gasteiger partial charge is 0.457 e. The van der Waals surface area contributed by atoms with Crippen LogP contribution in [0.4, 0.5) is 4.39 Å². The highest BCUT2D eigenvalue weighted by atomic mass is 32.1. The maximum absolute atomic E-state index is 14.7. The van der Waals surface area contributed by atoms with Gasteiger partial charge in [-0.1, -0.05) is 32.9 Å². The van der Waals surface area contributed by atoms with Crippen LogP contribution in [0.5, 0.6) is 0 Å². The van der Waals surface area contributed by atoms with E-state index < -0.39 is 42.0 Å². The number of cyclic esters (lactones) is 1. The number of allylic oxidation sites excluding steroid dienone is 2. The highest BCUT2D eigenvalue weighted by Gasteiger charge is 2.43. The molecule has 0 unspecified atom stereocenters. The molecular formula is C29H38FNO5S. The Morgan fingerprint density at radius 3 is 2.73 bits per heavy atom. The van der Waals surface area contributed by atoms with Crippen LogP contribution in [0.15, 0.2) is 42.8 Å². The van der Waals surface area contributed by atoms with Crippen molar-refractivity contribution in [1.82, 2.24) is 4.98 Å². The molecule has 2 N–H and O–H groups in total.